The number of aromatic amines is 1. The number of nitrogens with zero attached hydrogens (tertiary/aromatic N) is 1. The Morgan fingerprint density at radius 1 is 1.29 bits per heavy atom. The molecule has 0 saturated heterocycles. The number of H-pyrrole nitrogens is 1. The van der Waals surface area contributed by atoms with Crippen molar-refractivity contribution in [1.82, 2.24) is 15.3 Å². The summed E-state index contributed by atoms with van der Waals surface area (Å²) in [4.78, 5) is 30.9. The minimum absolute atomic E-state index is 0.118. The second kappa shape index (κ2) is 8.26. The summed E-state index contributed by atoms with van der Waals surface area (Å²) in [6, 6.07) is 6.01. The van der Waals surface area contributed by atoms with Gasteiger partial charge in [-0.15, -0.1) is 0 Å². The molecule has 0 unspecified atom stereocenters. The number of hydrogen-bond donors (Lipinski definition) is 3. The van der Waals surface area contributed by atoms with Gasteiger partial charge in [-0.1, -0.05) is 12.1 Å². The van der Waals surface area contributed by atoms with Crippen LogP contribution in [0.1, 0.15) is 18.2 Å². The summed E-state index contributed by atoms with van der Waals surface area (Å²) in [7, 11) is 1.59. The highest BCUT2D eigenvalue weighted by atomic mass is 16.5. The quantitative estimate of drug-likeness (QED) is 0.657. The zero-order valence-electron chi connectivity index (χ0n) is 13.8. The molecule has 0 spiro atoms. The van der Waals surface area contributed by atoms with Crippen molar-refractivity contribution >= 4 is 11.7 Å². The molecule has 2 atom stereocenters. The lowest BCUT2D eigenvalue weighted by Crippen LogP contribution is -2.49. The molecule has 2 rings (SSSR count). The molecule has 7 heteroatoms. The Labute approximate surface area is 140 Å². The average molecular weight is 330 g/mol. The minimum Gasteiger partial charge on any atom is -0.497 e. The lowest BCUT2D eigenvalue weighted by molar-refractivity contribution is -0.127. The van der Waals surface area contributed by atoms with Crippen molar-refractivity contribution in [2.75, 3.05) is 7.11 Å². The van der Waals surface area contributed by atoms with Gasteiger partial charge in [0, 0.05) is 18.3 Å². The zero-order valence-corrected chi connectivity index (χ0v) is 13.8. The predicted octanol–water partition coefficient (Wildman–Crippen LogP) is 0.605. The van der Waals surface area contributed by atoms with E-state index < -0.39 is 12.1 Å². The van der Waals surface area contributed by atoms with Crippen LogP contribution in [-0.4, -0.2) is 40.9 Å². The van der Waals surface area contributed by atoms with E-state index in [1.54, 1.807) is 13.3 Å². The van der Waals surface area contributed by atoms with E-state index in [2.05, 4.69) is 15.3 Å². The van der Waals surface area contributed by atoms with E-state index in [4.69, 9.17) is 10.5 Å². The van der Waals surface area contributed by atoms with Gasteiger partial charge in [-0.05, 0) is 31.0 Å². The summed E-state index contributed by atoms with van der Waals surface area (Å²) >= 11 is 0. The smallest absolute Gasteiger partial charge is 0.237 e. The van der Waals surface area contributed by atoms with Gasteiger partial charge in [0.25, 0.3) is 0 Å². The Hall–Kier alpha value is -2.67. The number of carbonyl (C=O) groups excluding carboxylic acids is 2. The molecule has 1 aromatic carbocycles. The first-order valence-electron chi connectivity index (χ1n) is 7.66. The average Bonchev–Trinajstić information content (AvgIpc) is 3.07. The first-order chi connectivity index (χ1) is 11.5. The third-order valence-electron chi connectivity index (χ3n) is 3.74. The predicted molar refractivity (Wildman–Crippen MR) is 89.6 cm³/mol. The summed E-state index contributed by atoms with van der Waals surface area (Å²) in [6.45, 7) is 1.45. The first kappa shape index (κ1) is 17.7. The third-order valence-corrected chi connectivity index (χ3v) is 3.74. The molecule has 0 radical (unpaired) electrons. The fraction of sp³-hybridized carbons (Fsp3) is 0.353. The molecule has 128 valence electrons. The van der Waals surface area contributed by atoms with Crippen LogP contribution < -0.4 is 15.8 Å². The number of ketones is 1. The number of ether oxygens (including phenoxy) is 1. The second-order valence-corrected chi connectivity index (χ2v) is 5.61. The number of methoxy groups -OCH3 is 1. The van der Waals surface area contributed by atoms with E-state index in [1.165, 1.54) is 13.3 Å². The standard InChI is InChI=1S/C17H22N4O3/c1-11(22)16(7-12-3-5-14(24-2)6-4-12)21-17(23)15(18)8-13-9-19-10-20-13/h3-6,9-10,15-16H,7-8,18H2,1-2H3,(H,19,20)(H,21,23)/t15-,16+/m0/s1. The number of benzene rings is 1. The molecule has 0 aliphatic heterocycles. The van der Waals surface area contributed by atoms with Gasteiger partial charge in [-0.3, -0.25) is 9.59 Å². The Balaban J connectivity index is 1.96. The second-order valence-electron chi connectivity index (χ2n) is 5.61. The van der Waals surface area contributed by atoms with Crippen LogP contribution in [0.2, 0.25) is 0 Å². The van der Waals surface area contributed by atoms with Crippen LogP contribution in [-0.2, 0) is 22.4 Å². The van der Waals surface area contributed by atoms with Crippen LogP contribution in [0.5, 0.6) is 5.75 Å². The van der Waals surface area contributed by atoms with Crippen LogP contribution in [0.3, 0.4) is 0 Å². The largest absolute Gasteiger partial charge is 0.497 e. The number of rotatable bonds is 8. The summed E-state index contributed by atoms with van der Waals surface area (Å²) in [5.74, 6) is 0.259. The van der Waals surface area contributed by atoms with Gasteiger partial charge in [0.2, 0.25) is 5.91 Å². The highest BCUT2D eigenvalue weighted by molar-refractivity contribution is 5.89. The van der Waals surface area contributed by atoms with E-state index in [1.807, 2.05) is 24.3 Å². The number of hydrogen-bond acceptors (Lipinski definition) is 5. The number of imidazole rings is 1. The summed E-state index contributed by atoms with van der Waals surface area (Å²) in [6.07, 6.45) is 3.88. The maximum Gasteiger partial charge on any atom is 0.237 e. The molecule has 0 aliphatic rings. The Morgan fingerprint density at radius 2 is 2.00 bits per heavy atom. The fourth-order valence-electron chi connectivity index (χ4n) is 2.30. The van der Waals surface area contributed by atoms with Crippen molar-refractivity contribution < 1.29 is 14.3 Å². The number of nitrogens with one attached hydrogen (secondary N) is 2. The molecular formula is C17H22N4O3. The van der Waals surface area contributed by atoms with Crippen LogP contribution >= 0.6 is 0 Å². The minimum atomic E-state index is -0.747. The van der Waals surface area contributed by atoms with Gasteiger partial charge < -0.3 is 20.8 Å². The lowest BCUT2D eigenvalue weighted by atomic mass is 10.0. The third kappa shape index (κ3) is 4.92. The zero-order chi connectivity index (χ0) is 17.5. The SMILES string of the molecule is COc1ccc(C[C@@H](NC(=O)[C@@H](N)Cc2cnc[nH]2)C(C)=O)cc1. The van der Waals surface area contributed by atoms with Crippen molar-refractivity contribution in [2.24, 2.45) is 5.73 Å². The number of carbonyl (C=O) groups is 2. The fourth-order valence-corrected chi connectivity index (χ4v) is 2.30. The van der Waals surface area contributed by atoms with Gasteiger partial charge >= 0.3 is 0 Å². The molecule has 0 aliphatic carbocycles. The maximum absolute atomic E-state index is 12.2. The lowest BCUT2D eigenvalue weighted by Gasteiger charge is -2.19. The molecular weight excluding hydrogens is 308 g/mol. The van der Waals surface area contributed by atoms with E-state index in [9.17, 15) is 9.59 Å². The number of nitrogens with two attached hydrogens (primary N) is 1. The van der Waals surface area contributed by atoms with Crippen molar-refractivity contribution in [3.05, 3.63) is 48.0 Å². The summed E-state index contributed by atoms with van der Waals surface area (Å²) < 4.78 is 5.11. The molecule has 0 bridgehead atoms. The van der Waals surface area contributed by atoms with Crippen LogP contribution in [0.25, 0.3) is 0 Å². The Bertz CT molecular complexity index is 668. The Morgan fingerprint density at radius 3 is 2.54 bits per heavy atom. The van der Waals surface area contributed by atoms with E-state index in [-0.39, 0.29) is 11.7 Å². The van der Waals surface area contributed by atoms with Crippen molar-refractivity contribution in [1.29, 1.82) is 0 Å². The van der Waals surface area contributed by atoms with Gasteiger partial charge in [0.15, 0.2) is 5.78 Å². The number of Topliss-reactive ketones (excluding diaryl/α,β-unsaturated/α-hetero) is 1. The van der Waals surface area contributed by atoms with Crippen LogP contribution in [0.15, 0.2) is 36.8 Å². The monoisotopic (exact) mass is 330 g/mol. The molecule has 7 nitrogen and oxygen atoms in total. The van der Waals surface area contributed by atoms with Gasteiger partial charge in [-0.25, -0.2) is 4.98 Å². The summed E-state index contributed by atoms with van der Waals surface area (Å²) in [5.41, 5.74) is 7.60. The van der Waals surface area contributed by atoms with E-state index in [0.717, 1.165) is 17.0 Å². The van der Waals surface area contributed by atoms with Gasteiger partial charge in [-0.2, -0.15) is 0 Å². The highest BCUT2D eigenvalue weighted by Gasteiger charge is 2.22. The van der Waals surface area contributed by atoms with Crippen LogP contribution in [0.4, 0.5) is 0 Å². The van der Waals surface area contributed by atoms with Crippen molar-refractivity contribution in [3.8, 4) is 5.75 Å². The molecule has 1 heterocycles. The molecule has 4 N–H and O–H groups in total. The number of amides is 1. The Kier molecular flexibility index (Phi) is 6.08. The molecule has 24 heavy (non-hydrogen) atoms. The van der Waals surface area contributed by atoms with Gasteiger partial charge in [0.05, 0.1) is 25.5 Å². The van der Waals surface area contributed by atoms with Crippen molar-refractivity contribution in [3.63, 3.8) is 0 Å². The topological polar surface area (TPSA) is 110 Å². The molecule has 0 fully saturated rings. The maximum atomic E-state index is 12.2. The first-order valence-corrected chi connectivity index (χ1v) is 7.66. The summed E-state index contributed by atoms with van der Waals surface area (Å²) in [5, 5.41) is 2.73. The van der Waals surface area contributed by atoms with Crippen LogP contribution in [0, 0.1) is 0 Å². The molecule has 2 aromatic rings. The van der Waals surface area contributed by atoms with Gasteiger partial charge in [0.1, 0.15) is 5.75 Å². The normalized spacial score (nSPS) is 13.1. The van der Waals surface area contributed by atoms with E-state index in [0.29, 0.717) is 12.8 Å². The highest BCUT2D eigenvalue weighted by Crippen LogP contribution is 2.13. The number of aromatic nitrogens is 2. The molecule has 1 aromatic heterocycles. The molecule has 0 saturated carbocycles. The van der Waals surface area contributed by atoms with Crippen molar-refractivity contribution in [2.45, 2.75) is 31.8 Å². The van der Waals surface area contributed by atoms with E-state index >= 15 is 0 Å². The molecule has 1 amide bonds.